The molecule has 0 saturated heterocycles. The van der Waals surface area contributed by atoms with Crippen LogP contribution in [0.3, 0.4) is 0 Å². The van der Waals surface area contributed by atoms with Gasteiger partial charge in [-0.25, -0.2) is 0 Å². The molecule has 2 N–H and O–H groups in total. The van der Waals surface area contributed by atoms with Gasteiger partial charge >= 0.3 is 0 Å². The highest BCUT2D eigenvalue weighted by molar-refractivity contribution is 7.98. The Kier molecular flexibility index (Phi) is 4.92. The molecule has 2 aromatic rings. The summed E-state index contributed by atoms with van der Waals surface area (Å²) in [5.74, 6) is 0. The zero-order chi connectivity index (χ0) is 13.8. The summed E-state index contributed by atoms with van der Waals surface area (Å²) in [6.07, 6.45) is 2.83. The van der Waals surface area contributed by atoms with Gasteiger partial charge in [0.1, 0.15) is 0 Å². The SMILES string of the molecule is CSc1ccc(C(N)Cc2ccc(C)cc2Cl)cc1. The van der Waals surface area contributed by atoms with E-state index in [1.807, 2.05) is 13.0 Å². The number of thioether (sulfide) groups is 1. The van der Waals surface area contributed by atoms with Crippen molar-refractivity contribution in [3.05, 3.63) is 64.2 Å². The molecule has 100 valence electrons. The van der Waals surface area contributed by atoms with Crippen molar-refractivity contribution in [2.24, 2.45) is 5.73 Å². The van der Waals surface area contributed by atoms with Gasteiger partial charge in [0.15, 0.2) is 0 Å². The molecule has 1 nitrogen and oxygen atoms in total. The van der Waals surface area contributed by atoms with Gasteiger partial charge in [0.2, 0.25) is 0 Å². The van der Waals surface area contributed by atoms with Crippen LogP contribution in [-0.4, -0.2) is 6.26 Å². The average molecular weight is 292 g/mol. The Balaban J connectivity index is 2.13. The molecule has 2 rings (SSSR count). The lowest BCUT2D eigenvalue weighted by Crippen LogP contribution is -2.13. The van der Waals surface area contributed by atoms with Crippen LogP contribution < -0.4 is 5.73 Å². The lowest BCUT2D eigenvalue weighted by Gasteiger charge is -2.14. The first-order chi connectivity index (χ1) is 9.10. The minimum Gasteiger partial charge on any atom is -0.324 e. The topological polar surface area (TPSA) is 26.0 Å². The van der Waals surface area contributed by atoms with E-state index in [4.69, 9.17) is 17.3 Å². The molecule has 0 aliphatic heterocycles. The molecule has 0 spiro atoms. The second-order valence-corrected chi connectivity index (χ2v) is 5.97. The Bertz CT molecular complexity index is 551. The van der Waals surface area contributed by atoms with Crippen LogP contribution in [-0.2, 0) is 6.42 Å². The van der Waals surface area contributed by atoms with Crippen molar-refractivity contribution < 1.29 is 0 Å². The quantitative estimate of drug-likeness (QED) is 0.832. The highest BCUT2D eigenvalue weighted by Crippen LogP contribution is 2.24. The number of aryl methyl sites for hydroxylation is 1. The lowest BCUT2D eigenvalue weighted by atomic mass is 9.99. The molecular weight excluding hydrogens is 274 g/mol. The van der Waals surface area contributed by atoms with Crippen molar-refractivity contribution in [1.29, 1.82) is 0 Å². The van der Waals surface area contributed by atoms with Crippen molar-refractivity contribution in [1.82, 2.24) is 0 Å². The maximum absolute atomic E-state index is 6.26. The van der Waals surface area contributed by atoms with E-state index >= 15 is 0 Å². The first-order valence-corrected chi connectivity index (χ1v) is 7.85. The van der Waals surface area contributed by atoms with Crippen molar-refractivity contribution in [3.8, 4) is 0 Å². The number of hydrogen-bond acceptors (Lipinski definition) is 2. The van der Waals surface area contributed by atoms with Crippen LogP contribution in [0.5, 0.6) is 0 Å². The molecule has 0 fully saturated rings. The highest BCUT2D eigenvalue weighted by Gasteiger charge is 2.09. The number of nitrogens with two attached hydrogens (primary N) is 1. The molecule has 2 aromatic carbocycles. The van der Waals surface area contributed by atoms with E-state index < -0.39 is 0 Å². The summed E-state index contributed by atoms with van der Waals surface area (Å²) in [7, 11) is 0. The monoisotopic (exact) mass is 291 g/mol. The molecule has 0 amide bonds. The second kappa shape index (κ2) is 6.47. The zero-order valence-corrected chi connectivity index (χ0v) is 12.8. The maximum atomic E-state index is 6.26. The first-order valence-electron chi connectivity index (χ1n) is 6.24. The summed E-state index contributed by atoms with van der Waals surface area (Å²) < 4.78 is 0. The van der Waals surface area contributed by atoms with Gasteiger partial charge in [-0.2, -0.15) is 0 Å². The molecule has 0 aromatic heterocycles. The molecule has 19 heavy (non-hydrogen) atoms. The number of halogens is 1. The largest absolute Gasteiger partial charge is 0.324 e. The van der Waals surface area contributed by atoms with E-state index in [1.54, 1.807) is 11.8 Å². The van der Waals surface area contributed by atoms with Gasteiger partial charge in [0.05, 0.1) is 0 Å². The van der Waals surface area contributed by atoms with Crippen molar-refractivity contribution in [2.75, 3.05) is 6.26 Å². The summed E-state index contributed by atoms with van der Waals surface area (Å²) in [4.78, 5) is 1.25. The van der Waals surface area contributed by atoms with E-state index in [0.717, 1.165) is 22.6 Å². The molecule has 0 radical (unpaired) electrons. The van der Waals surface area contributed by atoms with Gasteiger partial charge < -0.3 is 5.73 Å². The number of hydrogen-bond donors (Lipinski definition) is 1. The first kappa shape index (κ1) is 14.4. The molecule has 0 saturated carbocycles. The molecule has 1 atom stereocenters. The molecule has 0 bridgehead atoms. The molecule has 0 aliphatic carbocycles. The van der Waals surface area contributed by atoms with Crippen LogP contribution in [0.1, 0.15) is 22.7 Å². The predicted molar refractivity (Wildman–Crippen MR) is 85.0 cm³/mol. The Morgan fingerprint density at radius 3 is 2.42 bits per heavy atom. The summed E-state index contributed by atoms with van der Waals surface area (Å²) in [6.45, 7) is 2.04. The summed E-state index contributed by atoms with van der Waals surface area (Å²) in [5, 5.41) is 0.802. The van der Waals surface area contributed by atoms with E-state index in [2.05, 4.69) is 42.7 Å². The van der Waals surface area contributed by atoms with Crippen molar-refractivity contribution in [2.45, 2.75) is 24.3 Å². The van der Waals surface area contributed by atoms with Gasteiger partial charge in [-0.15, -0.1) is 11.8 Å². The fourth-order valence-electron chi connectivity index (χ4n) is 2.02. The Hall–Kier alpha value is -0.960. The van der Waals surface area contributed by atoms with E-state index in [9.17, 15) is 0 Å². The van der Waals surface area contributed by atoms with Crippen LogP contribution in [0.25, 0.3) is 0 Å². The number of benzene rings is 2. The minimum absolute atomic E-state index is 0.0175. The molecule has 1 unspecified atom stereocenters. The smallest absolute Gasteiger partial charge is 0.0441 e. The average Bonchev–Trinajstić information content (AvgIpc) is 2.42. The minimum atomic E-state index is -0.0175. The molecule has 3 heteroatoms. The van der Waals surface area contributed by atoms with Crippen molar-refractivity contribution >= 4 is 23.4 Å². The van der Waals surface area contributed by atoms with E-state index in [0.29, 0.717) is 0 Å². The fourth-order valence-corrected chi connectivity index (χ4v) is 2.74. The third-order valence-electron chi connectivity index (χ3n) is 3.19. The van der Waals surface area contributed by atoms with Crippen LogP contribution >= 0.6 is 23.4 Å². The van der Waals surface area contributed by atoms with Gasteiger partial charge in [0, 0.05) is 16.0 Å². The Labute approximate surface area is 124 Å². The summed E-state index contributed by atoms with van der Waals surface area (Å²) in [6, 6.07) is 14.5. The van der Waals surface area contributed by atoms with Crippen molar-refractivity contribution in [3.63, 3.8) is 0 Å². The Morgan fingerprint density at radius 2 is 1.84 bits per heavy atom. The summed E-state index contributed by atoms with van der Waals surface area (Å²) in [5.41, 5.74) is 9.69. The summed E-state index contributed by atoms with van der Waals surface area (Å²) >= 11 is 7.99. The second-order valence-electron chi connectivity index (χ2n) is 4.68. The van der Waals surface area contributed by atoms with Crippen LogP contribution in [0.2, 0.25) is 5.02 Å². The van der Waals surface area contributed by atoms with E-state index in [-0.39, 0.29) is 6.04 Å². The lowest BCUT2D eigenvalue weighted by molar-refractivity contribution is 0.721. The standard InChI is InChI=1S/C16H18ClNS/c1-11-3-4-13(15(17)9-11)10-16(18)12-5-7-14(19-2)8-6-12/h3-9,16H,10,18H2,1-2H3. The molecule has 0 heterocycles. The van der Waals surface area contributed by atoms with Gasteiger partial charge in [0.25, 0.3) is 0 Å². The Morgan fingerprint density at radius 1 is 1.16 bits per heavy atom. The highest BCUT2D eigenvalue weighted by atomic mass is 35.5. The molecule has 0 aliphatic rings. The number of rotatable bonds is 4. The van der Waals surface area contributed by atoms with Crippen LogP contribution in [0.15, 0.2) is 47.4 Å². The maximum Gasteiger partial charge on any atom is 0.0441 e. The normalized spacial score (nSPS) is 12.4. The zero-order valence-electron chi connectivity index (χ0n) is 11.2. The van der Waals surface area contributed by atoms with Gasteiger partial charge in [-0.3, -0.25) is 0 Å². The third-order valence-corrected chi connectivity index (χ3v) is 4.29. The molecular formula is C16H18ClNS. The van der Waals surface area contributed by atoms with Gasteiger partial charge in [-0.05, 0) is 54.5 Å². The predicted octanol–water partition coefficient (Wildman–Crippen LogP) is 4.61. The van der Waals surface area contributed by atoms with E-state index in [1.165, 1.54) is 10.5 Å². The van der Waals surface area contributed by atoms with Crippen LogP contribution in [0.4, 0.5) is 0 Å². The fraction of sp³-hybridized carbons (Fsp3) is 0.250. The van der Waals surface area contributed by atoms with Gasteiger partial charge in [-0.1, -0.05) is 35.9 Å². The third kappa shape index (κ3) is 3.75. The van der Waals surface area contributed by atoms with Crippen LogP contribution in [0, 0.1) is 6.92 Å².